The zero-order valence-corrected chi connectivity index (χ0v) is 14.5. The molecule has 0 aromatic heterocycles. The third-order valence-electron chi connectivity index (χ3n) is 3.61. The van der Waals surface area contributed by atoms with Gasteiger partial charge in [-0.15, -0.1) is 0 Å². The van der Waals surface area contributed by atoms with Gasteiger partial charge in [0, 0.05) is 23.4 Å². The van der Waals surface area contributed by atoms with Crippen LogP contribution in [0, 0.1) is 13.8 Å². The lowest BCUT2D eigenvalue weighted by Crippen LogP contribution is -2.14. The number of benzene rings is 2. The molecule has 1 N–H and O–H groups in total. The minimum Gasteiger partial charge on any atom is -0.325 e. The van der Waals surface area contributed by atoms with Gasteiger partial charge in [-0.1, -0.05) is 35.3 Å². The number of anilines is 1. The molecule has 2 rings (SSSR count). The van der Waals surface area contributed by atoms with Crippen LogP contribution in [0.3, 0.4) is 0 Å². The Morgan fingerprint density at radius 1 is 0.957 bits per heavy atom. The Morgan fingerprint density at radius 2 is 1.70 bits per heavy atom. The number of hydrogen-bond donors (Lipinski definition) is 1. The molecule has 5 heteroatoms. The zero-order chi connectivity index (χ0) is 17.0. The van der Waals surface area contributed by atoms with Gasteiger partial charge in [0.1, 0.15) is 0 Å². The normalized spacial score (nSPS) is 10.4. The molecule has 120 valence electrons. The summed E-state index contributed by atoms with van der Waals surface area (Å²) in [4.78, 5) is 24.1. The van der Waals surface area contributed by atoms with Crippen LogP contribution in [-0.2, 0) is 4.79 Å². The molecule has 0 radical (unpaired) electrons. The average Bonchev–Trinajstić information content (AvgIpc) is 2.51. The number of rotatable bonds is 5. The first-order valence-electron chi connectivity index (χ1n) is 7.22. The molecule has 0 bridgehead atoms. The number of nitrogens with one attached hydrogen (secondary N) is 1. The second-order valence-electron chi connectivity index (χ2n) is 5.39. The van der Waals surface area contributed by atoms with Crippen molar-refractivity contribution in [2.24, 2.45) is 0 Å². The van der Waals surface area contributed by atoms with Gasteiger partial charge in [0.2, 0.25) is 5.91 Å². The van der Waals surface area contributed by atoms with Crippen LogP contribution in [0.2, 0.25) is 10.0 Å². The van der Waals surface area contributed by atoms with E-state index in [0.29, 0.717) is 21.3 Å². The fourth-order valence-electron chi connectivity index (χ4n) is 2.09. The maximum absolute atomic E-state index is 12.2. The van der Waals surface area contributed by atoms with Crippen LogP contribution in [-0.4, -0.2) is 11.7 Å². The Kier molecular flexibility index (Phi) is 5.80. The van der Waals surface area contributed by atoms with E-state index in [1.165, 1.54) is 0 Å². The maximum Gasteiger partial charge on any atom is 0.224 e. The second-order valence-corrected chi connectivity index (χ2v) is 6.24. The van der Waals surface area contributed by atoms with Crippen molar-refractivity contribution in [1.82, 2.24) is 0 Å². The number of Topliss-reactive ketones (excluding diaryl/α,β-unsaturated/α-hetero) is 1. The SMILES string of the molecule is Cc1ccc(C(=O)CCC(=O)Nc2cc(Cl)ccc2Cl)cc1C. The third-order valence-corrected chi connectivity index (χ3v) is 4.18. The smallest absolute Gasteiger partial charge is 0.224 e. The highest BCUT2D eigenvalue weighted by molar-refractivity contribution is 6.35. The summed E-state index contributed by atoms with van der Waals surface area (Å²) >= 11 is 11.9. The van der Waals surface area contributed by atoms with E-state index in [1.54, 1.807) is 24.3 Å². The van der Waals surface area contributed by atoms with Gasteiger partial charge in [-0.2, -0.15) is 0 Å². The van der Waals surface area contributed by atoms with Crippen molar-refractivity contribution in [3.05, 3.63) is 63.1 Å². The van der Waals surface area contributed by atoms with E-state index < -0.39 is 0 Å². The van der Waals surface area contributed by atoms with E-state index >= 15 is 0 Å². The molecular formula is C18H17Cl2NO2. The summed E-state index contributed by atoms with van der Waals surface area (Å²) in [6.07, 6.45) is 0.237. The minimum atomic E-state index is -0.272. The molecule has 0 unspecified atom stereocenters. The lowest BCUT2D eigenvalue weighted by Gasteiger charge is -2.08. The first-order chi connectivity index (χ1) is 10.9. The van der Waals surface area contributed by atoms with Crippen LogP contribution in [0.15, 0.2) is 36.4 Å². The van der Waals surface area contributed by atoms with Crippen LogP contribution in [0.4, 0.5) is 5.69 Å². The molecule has 1 amide bonds. The predicted octanol–water partition coefficient (Wildman–Crippen LogP) is 5.21. The number of ketones is 1. The van der Waals surface area contributed by atoms with Gasteiger partial charge < -0.3 is 5.32 Å². The summed E-state index contributed by atoms with van der Waals surface area (Å²) in [7, 11) is 0. The summed E-state index contributed by atoms with van der Waals surface area (Å²) in [5.41, 5.74) is 3.27. The number of halogens is 2. The molecule has 0 aliphatic heterocycles. The monoisotopic (exact) mass is 349 g/mol. The number of carbonyl (C=O) groups is 2. The lowest BCUT2D eigenvalue weighted by atomic mass is 10.0. The molecule has 0 saturated carbocycles. The number of aryl methyl sites for hydroxylation is 2. The number of amides is 1. The van der Waals surface area contributed by atoms with E-state index in [9.17, 15) is 9.59 Å². The van der Waals surface area contributed by atoms with E-state index in [-0.39, 0.29) is 24.5 Å². The fourth-order valence-corrected chi connectivity index (χ4v) is 2.43. The van der Waals surface area contributed by atoms with Gasteiger partial charge in [-0.25, -0.2) is 0 Å². The molecule has 0 fully saturated rings. The molecule has 23 heavy (non-hydrogen) atoms. The highest BCUT2D eigenvalue weighted by Gasteiger charge is 2.11. The van der Waals surface area contributed by atoms with Crippen molar-refractivity contribution in [2.75, 3.05) is 5.32 Å². The Bertz CT molecular complexity index is 757. The van der Waals surface area contributed by atoms with Crippen LogP contribution in [0.5, 0.6) is 0 Å². The van der Waals surface area contributed by atoms with Crippen molar-refractivity contribution in [3.8, 4) is 0 Å². The molecule has 0 aliphatic rings. The molecule has 0 atom stereocenters. The van der Waals surface area contributed by atoms with Gasteiger partial charge in [0.15, 0.2) is 5.78 Å². The zero-order valence-electron chi connectivity index (χ0n) is 13.0. The predicted molar refractivity (Wildman–Crippen MR) is 94.6 cm³/mol. The summed E-state index contributed by atoms with van der Waals surface area (Å²) < 4.78 is 0. The van der Waals surface area contributed by atoms with Crippen molar-refractivity contribution in [1.29, 1.82) is 0 Å². The first-order valence-corrected chi connectivity index (χ1v) is 7.98. The Morgan fingerprint density at radius 3 is 2.39 bits per heavy atom. The maximum atomic E-state index is 12.2. The average molecular weight is 350 g/mol. The lowest BCUT2D eigenvalue weighted by molar-refractivity contribution is -0.116. The van der Waals surface area contributed by atoms with E-state index in [4.69, 9.17) is 23.2 Å². The highest BCUT2D eigenvalue weighted by Crippen LogP contribution is 2.25. The molecule has 2 aromatic carbocycles. The number of carbonyl (C=O) groups excluding carboxylic acids is 2. The van der Waals surface area contributed by atoms with E-state index in [1.807, 2.05) is 26.0 Å². The van der Waals surface area contributed by atoms with Gasteiger partial charge in [-0.05, 0) is 49.2 Å². The molecule has 0 spiro atoms. The van der Waals surface area contributed by atoms with Crippen LogP contribution < -0.4 is 5.32 Å². The fraction of sp³-hybridized carbons (Fsp3) is 0.222. The van der Waals surface area contributed by atoms with Gasteiger partial charge in [-0.3, -0.25) is 9.59 Å². The van der Waals surface area contributed by atoms with Crippen molar-refractivity contribution < 1.29 is 9.59 Å². The highest BCUT2D eigenvalue weighted by atomic mass is 35.5. The summed E-state index contributed by atoms with van der Waals surface area (Å²) in [5, 5.41) is 3.56. The quantitative estimate of drug-likeness (QED) is 0.752. The van der Waals surface area contributed by atoms with E-state index in [0.717, 1.165) is 11.1 Å². The Hall–Kier alpha value is -1.84. The topological polar surface area (TPSA) is 46.2 Å². The Balaban J connectivity index is 1.94. The molecule has 3 nitrogen and oxygen atoms in total. The summed E-state index contributed by atoms with van der Waals surface area (Å²) in [6.45, 7) is 3.95. The Labute approximate surface area is 145 Å². The van der Waals surface area contributed by atoms with Gasteiger partial charge in [0.25, 0.3) is 0 Å². The molecule has 0 heterocycles. The van der Waals surface area contributed by atoms with Gasteiger partial charge >= 0.3 is 0 Å². The van der Waals surface area contributed by atoms with Crippen LogP contribution >= 0.6 is 23.2 Å². The summed E-state index contributed by atoms with van der Waals surface area (Å²) in [5.74, 6) is -0.327. The molecular weight excluding hydrogens is 333 g/mol. The van der Waals surface area contributed by atoms with E-state index in [2.05, 4.69) is 5.32 Å². The second kappa shape index (κ2) is 7.62. The van der Waals surface area contributed by atoms with Gasteiger partial charge in [0.05, 0.1) is 10.7 Å². The summed E-state index contributed by atoms with van der Waals surface area (Å²) in [6, 6.07) is 10.4. The largest absolute Gasteiger partial charge is 0.325 e. The standard InChI is InChI=1S/C18H17Cl2NO2/c1-11-3-4-13(9-12(11)2)17(22)7-8-18(23)21-16-10-14(19)5-6-15(16)20/h3-6,9-10H,7-8H2,1-2H3,(H,21,23). The number of hydrogen-bond acceptors (Lipinski definition) is 2. The minimum absolute atomic E-state index is 0.0551. The van der Waals surface area contributed by atoms with Crippen LogP contribution in [0.1, 0.15) is 34.3 Å². The molecule has 0 saturated heterocycles. The van der Waals surface area contributed by atoms with Crippen molar-refractivity contribution in [2.45, 2.75) is 26.7 Å². The third kappa shape index (κ3) is 4.81. The van der Waals surface area contributed by atoms with Crippen molar-refractivity contribution in [3.63, 3.8) is 0 Å². The van der Waals surface area contributed by atoms with Crippen LogP contribution in [0.25, 0.3) is 0 Å². The molecule has 2 aromatic rings. The first kappa shape index (κ1) is 17.5. The molecule has 0 aliphatic carbocycles. The van der Waals surface area contributed by atoms with Crippen molar-refractivity contribution >= 4 is 40.6 Å².